The Morgan fingerprint density at radius 2 is 1.91 bits per heavy atom. The lowest BCUT2D eigenvalue weighted by atomic mass is 9.84. The second-order valence-electron chi connectivity index (χ2n) is 8.07. The summed E-state index contributed by atoms with van der Waals surface area (Å²) in [5.74, 6) is 0.377. The van der Waals surface area contributed by atoms with E-state index >= 15 is 0 Å². The van der Waals surface area contributed by atoms with E-state index in [9.17, 15) is 9.90 Å². The van der Waals surface area contributed by atoms with Gasteiger partial charge in [-0.2, -0.15) is 10.1 Å². The van der Waals surface area contributed by atoms with Crippen molar-refractivity contribution in [2.45, 2.75) is 38.0 Å². The summed E-state index contributed by atoms with van der Waals surface area (Å²) < 4.78 is 1.37. The van der Waals surface area contributed by atoms with Gasteiger partial charge in [0, 0.05) is 11.6 Å². The van der Waals surface area contributed by atoms with Crippen molar-refractivity contribution in [2.24, 2.45) is 0 Å². The number of hydrogen-bond donors (Lipinski definition) is 2. The highest BCUT2D eigenvalue weighted by Crippen LogP contribution is 2.36. The minimum atomic E-state index is -1.05. The number of nitrogens with one attached hydrogen (secondary N) is 1. The van der Waals surface area contributed by atoms with E-state index in [-0.39, 0.29) is 11.5 Å². The van der Waals surface area contributed by atoms with Crippen LogP contribution in [0.25, 0.3) is 16.9 Å². The number of rotatable bonds is 5. The largest absolute Gasteiger partial charge is 0.478 e. The maximum Gasteiger partial charge on any atom is 0.338 e. The molecule has 1 aliphatic carbocycles. The highest BCUT2D eigenvalue weighted by atomic mass is 35.5. The number of aromatic nitrogens is 4. The number of carbonyl (C=O) groups is 1. The summed E-state index contributed by atoms with van der Waals surface area (Å²) in [5, 5.41) is 18.2. The normalized spacial score (nSPS) is 14.5. The first kappa shape index (κ1) is 20.5. The average Bonchev–Trinajstić information content (AvgIpc) is 3.32. The average molecular weight is 448 g/mol. The Kier molecular flexibility index (Phi) is 5.49. The fourth-order valence-corrected chi connectivity index (χ4v) is 4.44. The van der Waals surface area contributed by atoms with Gasteiger partial charge in [0.25, 0.3) is 5.95 Å². The maximum atomic E-state index is 11.3. The molecule has 1 fully saturated rings. The van der Waals surface area contributed by atoms with Gasteiger partial charge in [-0.25, -0.2) is 14.5 Å². The minimum absolute atomic E-state index is 0.0713. The minimum Gasteiger partial charge on any atom is -0.478 e. The molecule has 2 aromatic carbocycles. The van der Waals surface area contributed by atoms with Gasteiger partial charge in [-0.1, -0.05) is 49.1 Å². The molecule has 2 aromatic heterocycles. The molecule has 162 valence electrons. The van der Waals surface area contributed by atoms with Crippen molar-refractivity contribution < 1.29 is 9.90 Å². The van der Waals surface area contributed by atoms with Crippen molar-refractivity contribution in [3.05, 3.63) is 71.0 Å². The number of halogens is 1. The highest BCUT2D eigenvalue weighted by Gasteiger charge is 2.18. The topological polar surface area (TPSA) is 92.9 Å². The molecule has 0 radical (unpaired) electrons. The number of fused-ring (bicyclic) bond motifs is 1. The molecule has 8 heteroatoms. The van der Waals surface area contributed by atoms with E-state index in [1.807, 2.05) is 30.3 Å². The van der Waals surface area contributed by atoms with Crippen LogP contribution in [0.5, 0.6) is 0 Å². The van der Waals surface area contributed by atoms with Crippen molar-refractivity contribution in [1.82, 2.24) is 19.7 Å². The molecule has 1 aliphatic rings. The predicted octanol–water partition coefficient (Wildman–Crippen LogP) is 5.96. The van der Waals surface area contributed by atoms with Crippen LogP contribution in [-0.4, -0.2) is 30.8 Å². The molecular weight excluding hydrogens is 426 g/mol. The third kappa shape index (κ3) is 4.03. The fourth-order valence-electron chi connectivity index (χ4n) is 4.25. The zero-order valence-corrected chi connectivity index (χ0v) is 18.1. The third-order valence-corrected chi connectivity index (χ3v) is 6.28. The number of nitrogens with zero attached hydrogens (tertiary/aromatic N) is 4. The van der Waals surface area contributed by atoms with Crippen molar-refractivity contribution >= 4 is 40.0 Å². The van der Waals surface area contributed by atoms with Crippen LogP contribution in [0.1, 0.15) is 53.9 Å². The number of aromatic carboxylic acids is 1. The van der Waals surface area contributed by atoms with Crippen LogP contribution < -0.4 is 5.32 Å². The van der Waals surface area contributed by atoms with Crippen LogP contribution in [0.2, 0.25) is 5.02 Å². The van der Waals surface area contributed by atoms with Crippen LogP contribution in [0.4, 0.5) is 11.5 Å². The zero-order valence-electron chi connectivity index (χ0n) is 17.3. The lowest BCUT2D eigenvalue weighted by molar-refractivity contribution is 0.0697. The summed E-state index contributed by atoms with van der Waals surface area (Å²) in [6.07, 6.45) is 8.90. The third-order valence-electron chi connectivity index (χ3n) is 5.95. The summed E-state index contributed by atoms with van der Waals surface area (Å²) in [6.45, 7) is 0. The second-order valence-corrected chi connectivity index (χ2v) is 8.47. The second kappa shape index (κ2) is 8.59. The monoisotopic (exact) mass is 447 g/mol. The number of para-hydroxylation sites is 1. The van der Waals surface area contributed by atoms with Crippen molar-refractivity contribution in [1.29, 1.82) is 0 Å². The summed E-state index contributed by atoms with van der Waals surface area (Å²) in [4.78, 5) is 20.6. The number of hydrogen-bond acceptors (Lipinski definition) is 5. The van der Waals surface area contributed by atoms with Gasteiger partial charge in [0.15, 0.2) is 0 Å². The molecule has 2 heterocycles. The van der Waals surface area contributed by atoms with Gasteiger partial charge in [-0.15, -0.1) is 0 Å². The van der Waals surface area contributed by atoms with E-state index in [0.717, 1.165) is 16.6 Å². The number of anilines is 2. The molecule has 0 bridgehead atoms. The molecule has 32 heavy (non-hydrogen) atoms. The first-order valence-electron chi connectivity index (χ1n) is 10.7. The van der Waals surface area contributed by atoms with Gasteiger partial charge < -0.3 is 10.4 Å². The molecular formula is C24H22ClN5O2. The summed E-state index contributed by atoms with van der Waals surface area (Å²) in [7, 11) is 0. The molecule has 0 spiro atoms. The molecule has 5 rings (SSSR count). The van der Waals surface area contributed by atoms with Gasteiger partial charge in [-0.3, -0.25) is 0 Å². The Bertz CT molecular complexity index is 1300. The Morgan fingerprint density at radius 1 is 1.09 bits per heavy atom. The first-order chi connectivity index (χ1) is 15.6. The molecule has 1 saturated carbocycles. The van der Waals surface area contributed by atoms with Crippen molar-refractivity contribution in [3.8, 4) is 5.95 Å². The van der Waals surface area contributed by atoms with Crippen LogP contribution in [0, 0.1) is 0 Å². The maximum absolute atomic E-state index is 11.3. The summed E-state index contributed by atoms with van der Waals surface area (Å²) >= 11 is 6.38. The zero-order chi connectivity index (χ0) is 22.1. The quantitative estimate of drug-likeness (QED) is 0.392. The predicted molar refractivity (Wildman–Crippen MR) is 124 cm³/mol. The van der Waals surface area contributed by atoms with E-state index < -0.39 is 5.97 Å². The fraction of sp³-hybridized carbons (Fsp3) is 0.250. The Balaban J connectivity index is 1.63. The molecule has 7 nitrogen and oxygen atoms in total. The van der Waals surface area contributed by atoms with E-state index in [0.29, 0.717) is 16.8 Å². The number of carboxylic acids is 1. The molecule has 4 aromatic rings. The molecule has 0 saturated heterocycles. The molecule has 0 amide bonds. The molecule has 0 atom stereocenters. The van der Waals surface area contributed by atoms with E-state index in [1.54, 1.807) is 0 Å². The molecule has 0 aliphatic heterocycles. The van der Waals surface area contributed by atoms with Gasteiger partial charge in [0.1, 0.15) is 5.82 Å². The lowest BCUT2D eigenvalue weighted by Gasteiger charge is -2.22. The number of benzene rings is 2. The van der Waals surface area contributed by atoms with Gasteiger partial charge in [-0.05, 0) is 48.6 Å². The van der Waals surface area contributed by atoms with E-state index in [4.69, 9.17) is 16.6 Å². The van der Waals surface area contributed by atoms with Crippen molar-refractivity contribution in [2.75, 3.05) is 5.32 Å². The standard InChI is InChI=1S/C24H22ClN5O2/c25-19-8-4-5-9-21(19)27-22-18-12-16(15-6-2-1-3-7-15)10-11-20(18)28-24(29-22)30-14-17(13-26-30)23(31)32/h4-5,8-15H,1-3,6-7H2,(H,31,32)(H,27,28,29). The lowest BCUT2D eigenvalue weighted by Crippen LogP contribution is -2.08. The van der Waals surface area contributed by atoms with E-state index in [2.05, 4.69) is 27.5 Å². The summed E-state index contributed by atoms with van der Waals surface area (Å²) in [5.41, 5.74) is 2.84. The van der Waals surface area contributed by atoms with E-state index in [1.165, 1.54) is 54.7 Å². The van der Waals surface area contributed by atoms with Gasteiger partial charge in [0.05, 0.1) is 28.0 Å². The Labute approximate surface area is 190 Å². The highest BCUT2D eigenvalue weighted by molar-refractivity contribution is 6.33. The van der Waals surface area contributed by atoms with Gasteiger partial charge >= 0.3 is 5.97 Å². The van der Waals surface area contributed by atoms with Crippen molar-refractivity contribution in [3.63, 3.8) is 0 Å². The summed E-state index contributed by atoms with van der Waals surface area (Å²) in [6, 6.07) is 13.8. The van der Waals surface area contributed by atoms with Crippen LogP contribution in [0.3, 0.4) is 0 Å². The Morgan fingerprint density at radius 3 is 2.66 bits per heavy atom. The van der Waals surface area contributed by atoms with Gasteiger partial charge in [0.2, 0.25) is 0 Å². The SMILES string of the molecule is O=C(O)c1cnn(-c2nc(Nc3ccccc3Cl)c3cc(C4CCCCC4)ccc3n2)c1. The smallest absolute Gasteiger partial charge is 0.338 e. The first-order valence-corrected chi connectivity index (χ1v) is 11.1. The number of carboxylic acid groups (broad SMARTS) is 1. The van der Waals surface area contributed by atoms with Crippen LogP contribution in [-0.2, 0) is 0 Å². The van der Waals surface area contributed by atoms with Crippen LogP contribution >= 0.6 is 11.6 Å². The molecule has 0 unspecified atom stereocenters. The van der Waals surface area contributed by atoms with Crippen LogP contribution in [0.15, 0.2) is 54.9 Å². The molecule has 2 N–H and O–H groups in total. The Hall–Kier alpha value is -3.45.